The maximum atomic E-state index is 11.2. The Bertz CT molecular complexity index is 266. The number of hydrogen-bond donors (Lipinski definition) is 2. The van der Waals surface area contributed by atoms with Crippen molar-refractivity contribution in [3.05, 3.63) is 0 Å². The van der Waals surface area contributed by atoms with Crippen LogP contribution in [0.25, 0.3) is 0 Å². The molecule has 0 aliphatic carbocycles. The van der Waals surface area contributed by atoms with Crippen LogP contribution in [-0.2, 0) is 4.79 Å². The number of rotatable bonds is 3. The normalized spacial score (nSPS) is 27.5. The molecule has 6 nitrogen and oxygen atoms in total. The number of aliphatic hydroxyl groups excluding tert-OH is 1. The van der Waals surface area contributed by atoms with E-state index in [-0.39, 0.29) is 24.6 Å². The van der Waals surface area contributed by atoms with Gasteiger partial charge in [0.05, 0.1) is 12.6 Å². The zero-order chi connectivity index (χ0) is 10.8. The largest absolute Gasteiger partial charge is 0.392 e. The molecule has 0 bridgehead atoms. The van der Waals surface area contributed by atoms with Crippen LogP contribution in [-0.4, -0.2) is 65.7 Å². The third-order valence-electron chi connectivity index (χ3n) is 2.82. The molecule has 2 aliphatic heterocycles. The lowest BCUT2D eigenvalue weighted by Gasteiger charge is -2.18. The first-order valence-corrected chi connectivity index (χ1v) is 5.15. The maximum Gasteiger partial charge on any atom is 0.324 e. The van der Waals surface area contributed by atoms with Crippen LogP contribution in [0.15, 0.2) is 0 Å². The van der Waals surface area contributed by atoms with Gasteiger partial charge in [0.2, 0.25) is 5.91 Å². The summed E-state index contributed by atoms with van der Waals surface area (Å²) in [5.41, 5.74) is 0. The van der Waals surface area contributed by atoms with Crippen LogP contribution in [0.3, 0.4) is 0 Å². The highest BCUT2D eigenvalue weighted by molar-refractivity contribution is 6.01. The fraction of sp³-hybridized carbons (Fsp3) is 0.778. The van der Waals surface area contributed by atoms with Gasteiger partial charge in [0.1, 0.15) is 0 Å². The fourth-order valence-corrected chi connectivity index (χ4v) is 1.94. The molecule has 6 heteroatoms. The van der Waals surface area contributed by atoms with Crippen molar-refractivity contribution in [3.8, 4) is 0 Å². The number of aliphatic hydroxyl groups is 1. The van der Waals surface area contributed by atoms with Gasteiger partial charge in [-0.1, -0.05) is 0 Å². The molecule has 2 rings (SSSR count). The number of imide groups is 1. The number of likely N-dealkylation sites (tertiary alicyclic amines) is 1. The monoisotopic (exact) mass is 213 g/mol. The molecule has 1 atom stereocenters. The van der Waals surface area contributed by atoms with E-state index in [1.807, 2.05) is 0 Å². The van der Waals surface area contributed by atoms with Gasteiger partial charge in [0.25, 0.3) is 0 Å². The Kier molecular flexibility index (Phi) is 2.88. The van der Waals surface area contributed by atoms with E-state index >= 15 is 0 Å². The first-order valence-electron chi connectivity index (χ1n) is 5.15. The first-order chi connectivity index (χ1) is 7.16. The highest BCUT2D eigenvalue weighted by atomic mass is 16.3. The van der Waals surface area contributed by atoms with E-state index in [0.717, 1.165) is 13.0 Å². The van der Waals surface area contributed by atoms with Crippen LogP contribution in [0.1, 0.15) is 6.42 Å². The van der Waals surface area contributed by atoms with Crippen molar-refractivity contribution in [3.63, 3.8) is 0 Å². The topological polar surface area (TPSA) is 72.9 Å². The molecule has 0 saturated carbocycles. The lowest BCUT2D eigenvalue weighted by atomic mass is 10.3. The van der Waals surface area contributed by atoms with Crippen LogP contribution >= 0.6 is 0 Å². The van der Waals surface area contributed by atoms with Gasteiger partial charge in [-0.3, -0.25) is 14.6 Å². The SMILES string of the molecule is O=C1CNC(=O)N1CCN1CCC(O)C1. The molecular formula is C9H15N3O3. The molecule has 3 amide bonds. The van der Waals surface area contributed by atoms with Crippen LogP contribution in [0, 0.1) is 0 Å². The van der Waals surface area contributed by atoms with Crippen LogP contribution < -0.4 is 5.32 Å². The summed E-state index contributed by atoms with van der Waals surface area (Å²) >= 11 is 0. The zero-order valence-electron chi connectivity index (χ0n) is 8.48. The Balaban J connectivity index is 1.78. The first kappa shape index (κ1) is 10.4. The molecule has 2 N–H and O–H groups in total. The van der Waals surface area contributed by atoms with Gasteiger partial charge < -0.3 is 10.4 Å². The summed E-state index contributed by atoms with van der Waals surface area (Å²) in [6.07, 6.45) is 0.522. The van der Waals surface area contributed by atoms with Crippen molar-refractivity contribution < 1.29 is 14.7 Å². The number of carbonyl (C=O) groups excluding carboxylic acids is 2. The average molecular weight is 213 g/mol. The fourth-order valence-electron chi connectivity index (χ4n) is 1.94. The quantitative estimate of drug-likeness (QED) is 0.566. The van der Waals surface area contributed by atoms with E-state index in [2.05, 4.69) is 10.2 Å². The van der Waals surface area contributed by atoms with Gasteiger partial charge in [0.15, 0.2) is 0 Å². The predicted octanol–water partition coefficient (Wildman–Crippen LogP) is -1.40. The van der Waals surface area contributed by atoms with Gasteiger partial charge in [-0.05, 0) is 6.42 Å². The van der Waals surface area contributed by atoms with Crippen LogP contribution in [0.5, 0.6) is 0 Å². The van der Waals surface area contributed by atoms with Crippen molar-refractivity contribution in [2.24, 2.45) is 0 Å². The van der Waals surface area contributed by atoms with Crippen molar-refractivity contribution in [2.45, 2.75) is 12.5 Å². The highest BCUT2D eigenvalue weighted by Gasteiger charge is 2.29. The number of hydrogen-bond acceptors (Lipinski definition) is 4. The van der Waals surface area contributed by atoms with Crippen LogP contribution in [0.2, 0.25) is 0 Å². The van der Waals surface area contributed by atoms with E-state index in [1.54, 1.807) is 0 Å². The van der Waals surface area contributed by atoms with E-state index in [4.69, 9.17) is 0 Å². The summed E-state index contributed by atoms with van der Waals surface area (Å²) in [5.74, 6) is -0.167. The molecule has 84 valence electrons. The van der Waals surface area contributed by atoms with E-state index in [0.29, 0.717) is 19.6 Å². The number of nitrogens with one attached hydrogen (secondary N) is 1. The Labute approximate surface area is 87.8 Å². The number of carbonyl (C=O) groups is 2. The van der Waals surface area contributed by atoms with E-state index in [9.17, 15) is 14.7 Å². The van der Waals surface area contributed by atoms with Gasteiger partial charge in [-0.2, -0.15) is 0 Å². The third kappa shape index (κ3) is 2.27. The van der Waals surface area contributed by atoms with Gasteiger partial charge in [0, 0.05) is 26.2 Å². The Morgan fingerprint density at radius 2 is 2.20 bits per heavy atom. The summed E-state index contributed by atoms with van der Waals surface area (Å²) in [4.78, 5) is 25.7. The van der Waals surface area contributed by atoms with Gasteiger partial charge >= 0.3 is 6.03 Å². The number of β-amino-alcohol motifs (C(OH)–C–C–N with tert-alkyl or cyclic N) is 1. The molecule has 15 heavy (non-hydrogen) atoms. The molecule has 0 aromatic rings. The summed E-state index contributed by atoms with van der Waals surface area (Å²) in [6, 6.07) is -0.306. The number of nitrogens with zero attached hydrogens (tertiary/aromatic N) is 2. The molecule has 0 radical (unpaired) electrons. The minimum atomic E-state index is -0.306. The summed E-state index contributed by atoms with van der Waals surface area (Å²) in [7, 11) is 0. The predicted molar refractivity (Wildman–Crippen MR) is 52.2 cm³/mol. The number of amides is 3. The molecule has 2 heterocycles. The smallest absolute Gasteiger partial charge is 0.324 e. The highest BCUT2D eigenvalue weighted by Crippen LogP contribution is 2.08. The second-order valence-corrected chi connectivity index (χ2v) is 3.95. The molecule has 2 saturated heterocycles. The van der Waals surface area contributed by atoms with Crippen molar-refractivity contribution in [1.82, 2.24) is 15.1 Å². The molecule has 0 aromatic carbocycles. The van der Waals surface area contributed by atoms with Crippen molar-refractivity contribution in [1.29, 1.82) is 0 Å². The lowest BCUT2D eigenvalue weighted by Crippen LogP contribution is -2.38. The molecule has 1 unspecified atom stereocenters. The molecule has 2 aliphatic rings. The molecule has 0 aromatic heterocycles. The van der Waals surface area contributed by atoms with Gasteiger partial charge in [-0.25, -0.2) is 4.79 Å². The van der Waals surface area contributed by atoms with Crippen LogP contribution in [0.4, 0.5) is 4.79 Å². The Morgan fingerprint density at radius 3 is 2.73 bits per heavy atom. The van der Waals surface area contributed by atoms with E-state index < -0.39 is 0 Å². The molecule has 2 fully saturated rings. The second-order valence-electron chi connectivity index (χ2n) is 3.95. The second kappa shape index (κ2) is 4.16. The third-order valence-corrected chi connectivity index (χ3v) is 2.82. The van der Waals surface area contributed by atoms with E-state index in [1.165, 1.54) is 4.90 Å². The van der Waals surface area contributed by atoms with Crippen molar-refractivity contribution >= 4 is 11.9 Å². The standard InChI is InChI=1S/C9H15N3O3/c13-7-1-2-11(6-7)3-4-12-8(14)5-10-9(12)15/h7,13H,1-6H2,(H,10,15). The Hall–Kier alpha value is -1.14. The summed E-state index contributed by atoms with van der Waals surface area (Å²) in [5, 5.41) is 11.8. The molecular weight excluding hydrogens is 198 g/mol. The lowest BCUT2D eigenvalue weighted by molar-refractivity contribution is -0.125. The Morgan fingerprint density at radius 1 is 1.40 bits per heavy atom. The van der Waals surface area contributed by atoms with Crippen molar-refractivity contribution in [2.75, 3.05) is 32.7 Å². The molecule has 0 spiro atoms. The zero-order valence-corrected chi connectivity index (χ0v) is 8.48. The number of urea groups is 1. The minimum absolute atomic E-state index is 0.113. The maximum absolute atomic E-state index is 11.2. The summed E-state index contributed by atoms with van der Waals surface area (Å²) < 4.78 is 0. The minimum Gasteiger partial charge on any atom is -0.392 e. The van der Waals surface area contributed by atoms with Gasteiger partial charge in [-0.15, -0.1) is 0 Å². The summed E-state index contributed by atoms with van der Waals surface area (Å²) in [6.45, 7) is 2.66. The average Bonchev–Trinajstić information content (AvgIpc) is 2.73.